The number of ether oxygens (including phenoxy) is 1. The molecule has 132 valence electrons. The third-order valence-electron chi connectivity index (χ3n) is 4.55. The van der Waals surface area contributed by atoms with Crippen LogP contribution in [-0.4, -0.2) is 40.2 Å². The van der Waals surface area contributed by atoms with Gasteiger partial charge in [0.25, 0.3) is 0 Å². The van der Waals surface area contributed by atoms with Crippen LogP contribution in [0, 0.1) is 10.1 Å². The van der Waals surface area contributed by atoms with Crippen molar-refractivity contribution in [1.82, 2.24) is 9.97 Å². The highest BCUT2D eigenvalue weighted by molar-refractivity contribution is 5.70. The number of anilines is 3. The highest BCUT2D eigenvalue weighted by Gasteiger charge is 2.26. The van der Waals surface area contributed by atoms with E-state index in [0.29, 0.717) is 12.5 Å². The van der Waals surface area contributed by atoms with E-state index in [0.717, 1.165) is 45.1 Å². The molecule has 4 N–H and O–H groups in total. The molecule has 0 unspecified atom stereocenters. The second-order valence-corrected chi connectivity index (χ2v) is 6.38. The van der Waals surface area contributed by atoms with E-state index in [9.17, 15) is 10.1 Å². The number of nitrogen functional groups attached to an aromatic ring is 1. The van der Waals surface area contributed by atoms with Crippen molar-refractivity contribution in [2.75, 3.05) is 29.5 Å². The molecule has 0 bridgehead atoms. The number of nitro groups is 1. The number of hydrogen-bond donors (Lipinski definition) is 3. The average Bonchev–Trinajstić information content (AvgIpc) is 3.06. The lowest BCUT2D eigenvalue weighted by molar-refractivity contribution is -0.383. The van der Waals surface area contributed by atoms with Gasteiger partial charge in [0, 0.05) is 19.2 Å². The molecule has 1 saturated heterocycles. The summed E-state index contributed by atoms with van der Waals surface area (Å²) in [7, 11) is 0. The van der Waals surface area contributed by atoms with E-state index < -0.39 is 4.92 Å². The second-order valence-electron chi connectivity index (χ2n) is 6.38. The molecule has 2 aliphatic rings. The Bertz CT molecular complexity index is 585. The van der Waals surface area contributed by atoms with E-state index >= 15 is 0 Å². The first-order chi connectivity index (χ1) is 11.6. The van der Waals surface area contributed by atoms with Gasteiger partial charge in [-0.05, 0) is 25.7 Å². The first kappa shape index (κ1) is 16.7. The predicted molar refractivity (Wildman–Crippen MR) is 91.1 cm³/mol. The Morgan fingerprint density at radius 3 is 2.67 bits per heavy atom. The molecule has 0 spiro atoms. The number of rotatable bonds is 6. The van der Waals surface area contributed by atoms with E-state index in [2.05, 4.69) is 20.6 Å². The van der Waals surface area contributed by atoms with Gasteiger partial charge in [-0.2, -0.15) is 9.97 Å². The van der Waals surface area contributed by atoms with Crippen molar-refractivity contribution >= 4 is 23.3 Å². The first-order valence-electron chi connectivity index (χ1n) is 8.57. The van der Waals surface area contributed by atoms with E-state index in [1.54, 1.807) is 0 Å². The summed E-state index contributed by atoms with van der Waals surface area (Å²) < 4.78 is 5.55. The summed E-state index contributed by atoms with van der Waals surface area (Å²) in [6.07, 6.45) is 7.58. The monoisotopic (exact) mass is 336 g/mol. The van der Waals surface area contributed by atoms with Crippen molar-refractivity contribution < 1.29 is 9.66 Å². The summed E-state index contributed by atoms with van der Waals surface area (Å²) >= 11 is 0. The molecule has 1 saturated carbocycles. The molecule has 24 heavy (non-hydrogen) atoms. The molecular formula is C15H24N6O3. The molecule has 1 atom stereocenters. The molecule has 1 aliphatic carbocycles. The summed E-state index contributed by atoms with van der Waals surface area (Å²) in [5, 5.41) is 17.6. The molecule has 1 aromatic heterocycles. The highest BCUT2D eigenvalue weighted by Crippen LogP contribution is 2.31. The number of hydrogen-bond acceptors (Lipinski definition) is 8. The van der Waals surface area contributed by atoms with Gasteiger partial charge in [0.15, 0.2) is 0 Å². The van der Waals surface area contributed by atoms with E-state index in [-0.39, 0.29) is 29.5 Å². The van der Waals surface area contributed by atoms with Crippen LogP contribution < -0.4 is 16.4 Å². The molecule has 9 heteroatoms. The normalized spacial score (nSPS) is 21.6. The highest BCUT2D eigenvalue weighted by atomic mass is 16.6. The molecular weight excluding hydrogens is 312 g/mol. The summed E-state index contributed by atoms with van der Waals surface area (Å²) in [5.41, 5.74) is 5.56. The Hall–Kier alpha value is -2.16. The van der Waals surface area contributed by atoms with Gasteiger partial charge in [-0.15, -0.1) is 0 Å². The molecule has 2 fully saturated rings. The maximum Gasteiger partial charge on any atom is 0.353 e. The molecule has 9 nitrogen and oxygen atoms in total. The van der Waals surface area contributed by atoms with Crippen LogP contribution in [-0.2, 0) is 4.74 Å². The molecule has 1 aliphatic heterocycles. The predicted octanol–water partition coefficient (Wildman–Crippen LogP) is 2.30. The molecule has 2 heterocycles. The Morgan fingerprint density at radius 1 is 1.21 bits per heavy atom. The lowest BCUT2D eigenvalue weighted by Gasteiger charge is -2.23. The smallest absolute Gasteiger partial charge is 0.353 e. The van der Waals surface area contributed by atoms with Crippen molar-refractivity contribution in [2.45, 2.75) is 57.1 Å². The fourth-order valence-electron chi connectivity index (χ4n) is 3.28. The van der Waals surface area contributed by atoms with Crippen LogP contribution in [0.5, 0.6) is 0 Å². The van der Waals surface area contributed by atoms with Gasteiger partial charge in [-0.1, -0.05) is 19.3 Å². The number of nitrogens with two attached hydrogens (primary N) is 1. The van der Waals surface area contributed by atoms with Crippen LogP contribution in [0.1, 0.15) is 44.9 Å². The zero-order chi connectivity index (χ0) is 16.9. The van der Waals surface area contributed by atoms with Crippen LogP contribution in [0.4, 0.5) is 23.3 Å². The van der Waals surface area contributed by atoms with E-state index in [1.165, 1.54) is 6.42 Å². The van der Waals surface area contributed by atoms with Crippen molar-refractivity contribution in [2.24, 2.45) is 0 Å². The molecule has 1 aromatic rings. The van der Waals surface area contributed by atoms with Crippen molar-refractivity contribution in [3.8, 4) is 0 Å². The Morgan fingerprint density at radius 2 is 2.00 bits per heavy atom. The first-order valence-corrected chi connectivity index (χ1v) is 8.57. The third kappa shape index (κ3) is 4.02. The Kier molecular flexibility index (Phi) is 5.29. The summed E-state index contributed by atoms with van der Waals surface area (Å²) in [6, 6.07) is 0.192. The van der Waals surface area contributed by atoms with Crippen molar-refractivity contribution in [3.63, 3.8) is 0 Å². The van der Waals surface area contributed by atoms with Crippen LogP contribution >= 0.6 is 0 Å². The van der Waals surface area contributed by atoms with Crippen LogP contribution in [0.15, 0.2) is 0 Å². The van der Waals surface area contributed by atoms with Gasteiger partial charge in [0.1, 0.15) is 0 Å². The van der Waals surface area contributed by atoms with Gasteiger partial charge in [0.05, 0.1) is 11.0 Å². The lowest BCUT2D eigenvalue weighted by Crippen LogP contribution is -2.25. The van der Waals surface area contributed by atoms with Crippen molar-refractivity contribution in [1.29, 1.82) is 0 Å². The summed E-state index contributed by atoms with van der Waals surface area (Å²) in [5.74, 6) is 0.379. The van der Waals surface area contributed by atoms with Gasteiger partial charge in [-0.3, -0.25) is 10.1 Å². The zero-order valence-electron chi connectivity index (χ0n) is 13.7. The Balaban J connectivity index is 1.75. The molecule has 0 amide bonds. The van der Waals surface area contributed by atoms with Crippen LogP contribution in [0.2, 0.25) is 0 Å². The summed E-state index contributed by atoms with van der Waals surface area (Å²) in [4.78, 5) is 19.1. The van der Waals surface area contributed by atoms with E-state index in [1.807, 2.05) is 0 Å². The Labute approximate surface area is 140 Å². The SMILES string of the molecule is Nc1nc(NC[C@H]2CCCO2)nc(NC2CCCCC2)c1[N+](=O)[O-]. The maximum absolute atomic E-state index is 11.3. The van der Waals surface area contributed by atoms with Gasteiger partial charge in [0.2, 0.25) is 17.6 Å². The van der Waals surface area contributed by atoms with Gasteiger partial charge in [-0.25, -0.2) is 0 Å². The number of aromatic nitrogens is 2. The van der Waals surface area contributed by atoms with Crippen molar-refractivity contribution in [3.05, 3.63) is 10.1 Å². The average molecular weight is 336 g/mol. The minimum Gasteiger partial charge on any atom is -0.378 e. The number of nitrogens with zero attached hydrogens (tertiary/aromatic N) is 3. The molecule has 0 aromatic carbocycles. The third-order valence-corrected chi connectivity index (χ3v) is 4.55. The minimum atomic E-state index is -0.523. The fraction of sp³-hybridized carbons (Fsp3) is 0.733. The maximum atomic E-state index is 11.3. The largest absolute Gasteiger partial charge is 0.378 e. The van der Waals surface area contributed by atoms with Gasteiger partial charge >= 0.3 is 5.69 Å². The van der Waals surface area contributed by atoms with E-state index in [4.69, 9.17) is 10.5 Å². The van der Waals surface area contributed by atoms with Crippen LogP contribution in [0.25, 0.3) is 0 Å². The minimum absolute atomic E-state index is 0.122. The molecule has 0 radical (unpaired) electrons. The summed E-state index contributed by atoms with van der Waals surface area (Å²) in [6.45, 7) is 1.34. The molecule has 3 rings (SSSR count). The van der Waals surface area contributed by atoms with Crippen LogP contribution in [0.3, 0.4) is 0 Å². The lowest BCUT2D eigenvalue weighted by atomic mass is 9.95. The fourth-order valence-corrected chi connectivity index (χ4v) is 3.28. The topological polar surface area (TPSA) is 128 Å². The number of nitrogens with one attached hydrogen (secondary N) is 2. The second kappa shape index (κ2) is 7.61. The quantitative estimate of drug-likeness (QED) is 0.533. The zero-order valence-corrected chi connectivity index (χ0v) is 13.7. The van der Waals surface area contributed by atoms with Gasteiger partial charge < -0.3 is 21.1 Å². The standard InChI is InChI=1S/C15H24N6O3/c16-13-12(21(22)23)14(18-10-5-2-1-3-6-10)20-15(19-13)17-9-11-7-4-8-24-11/h10-11H,1-9H2,(H4,16,17,18,19,20)/t11-/m1/s1.